The highest BCUT2D eigenvalue weighted by atomic mass is 16.5. The molecule has 0 aromatic heterocycles. The van der Waals surface area contributed by atoms with Gasteiger partial charge in [0, 0.05) is 13.0 Å². The summed E-state index contributed by atoms with van der Waals surface area (Å²) in [5, 5.41) is 11.6. The molecule has 0 saturated carbocycles. The van der Waals surface area contributed by atoms with E-state index in [-0.39, 0.29) is 18.6 Å². The highest BCUT2D eigenvalue weighted by Gasteiger charge is 2.08. The number of aliphatic hydroxyl groups excluding tert-OH is 1. The van der Waals surface area contributed by atoms with Crippen molar-refractivity contribution in [3.63, 3.8) is 0 Å². The standard InChI is InChI=1S/C10H21NO3/c1-3-6-14-7-5-10(13)11-9(4-2)8-12/h9,12H,3-8H2,1-2H3,(H,11,13)/t9-/m0/s1. The molecule has 0 heterocycles. The van der Waals surface area contributed by atoms with Crippen LogP contribution in [0.25, 0.3) is 0 Å². The van der Waals surface area contributed by atoms with Crippen LogP contribution in [0.2, 0.25) is 0 Å². The zero-order valence-corrected chi connectivity index (χ0v) is 9.08. The normalized spacial score (nSPS) is 12.5. The number of hydrogen-bond acceptors (Lipinski definition) is 3. The third-order valence-electron chi connectivity index (χ3n) is 1.90. The van der Waals surface area contributed by atoms with Crippen molar-refractivity contribution in [2.45, 2.75) is 39.2 Å². The van der Waals surface area contributed by atoms with Crippen LogP contribution < -0.4 is 5.32 Å². The van der Waals surface area contributed by atoms with E-state index in [1.165, 1.54) is 0 Å². The van der Waals surface area contributed by atoms with Gasteiger partial charge in [0.15, 0.2) is 0 Å². The Kier molecular flexibility index (Phi) is 8.57. The van der Waals surface area contributed by atoms with E-state index in [1.807, 2.05) is 13.8 Å². The summed E-state index contributed by atoms with van der Waals surface area (Å²) in [6, 6.07) is -0.117. The number of ether oxygens (including phenoxy) is 1. The molecule has 0 aromatic rings. The molecule has 4 nitrogen and oxygen atoms in total. The summed E-state index contributed by atoms with van der Waals surface area (Å²) in [6.07, 6.45) is 2.09. The third kappa shape index (κ3) is 6.86. The number of rotatable bonds is 8. The number of carbonyl (C=O) groups excluding carboxylic acids is 1. The number of carbonyl (C=O) groups is 1. The van der Waals surface area contributed by atoms with Gasteiger partial charge in [0.05, 0.1) is 19.3 Å². The lowest BCUT2D eigenvalue weighted by molar-refractivity contribution is -0.123. The van der Waals surface area contributed by atoms with Gasteiger partial charge in [0.1, 0.15) is 0 Å². The summed E-state index contributed by atoms with van der Waals surface area (Å²) >= 11 is 0. The van der Waals surface area contributed by atoms with Crippen LogP contribution in [0.1, 0.15) is 33.1 Å². The minimum absolute atomic E-state index is 0.00193. The minimum Gasteiger partial charge on any atom is -0.394 e. The first-order valence-corrected chi connectivity index (χ1v) is 5.22. The van der Waals surface area contributed by atoms with Crippen molar-refractivity contribution in [1.29, 1.82) is 0 Å². The van der Waals surface area contributed by atoms with Crippen LogP contribution in [-0.4, -0.2) is 36.9 Å². The van der Waals surface area contributed by atoms with E-state index in [1.54, 1.807) is 0 Å². The van der Waals surface area contributed by atoms with Crippen molar-refractivity contribution in [1.82, 2.24) is 5.32 Å². The Morgan fingerprint density at radius 2 is 2.14 bits per heavy atom. The molecule has 84 valence electrons. The van der Waals surface area contributed by atoms with Crippen LogP contribution in [0.3, 0.4) is 0 Å². The lowest BCUT2D eigenvalue weighted by atomic mass is 10.2. The average Bonchev–Trinajstić information content (AvgIpc) is 2.21. The first-order chi connectivity index (χ1) is 6.74. The van der Waals surface area contributed by atoms with Crippen LogP contribution in [-0.2, 0) is 9.53 Å². The summed E-state index contributed by atoms with van der Waals surface area (Å²) in [5.74, 6) is -0.0537. The second-order valence-corrected chi connectivity index (χ2v) is 3.22. The van der Waals surface area contributed by atoms with Crippen LogP contribution >= 0.6 is 0 Å². The van der Waals surface area contributed by atoms with Gasteiger partial charge in [-0.25, -0.2) is 0 Å². The molecule has 0 fully saturated rings. The molecule has 2 N–H and O–H groups in total. The number of amides is 1. The quantitative estimate of drug-likeness (QED) is 0.571. The van der Waals surface area contributed by atoms with Crippen LogP contribution in [0.4, 0.5) is 0 Å². The molecule has 0 aliphatic carbocycles. The van der Waals surface area contributed by atoms with Gasteiger partial charge >= 0.3 is 0 Å². The van der Waals surface area contributed by atoms with Crippen LogP contribution in [0.15, 0.2) is 0 Å². The molecule has 0 rings (SSSR count). The maximum atomic E-state index is 11.2. The maximum Gasteiger partial charge on any atom is 0.222 e. The van der Waals surface area contributed by atoms with Crippen molar-refractivity contribution >= 4 is 5.91 Å². The van der Waals surface area contributed by atoms with Crippen LogP contribution in [0.5, 0.6) is 0 Å². The second-order valence-electron chi connectivity index (χ2n) is 3.22. The van der Waals surface area contributed by atoms with E-state index in [9.17, 15) is 4.79 Å². The average molecular weight is 203 g/mol. The Bertz CT molecular complexity index is 146. The monoisotopic (exact) mass is 203 g/mol. The molecule has 0 aromatic carbocycles. The lowest BCUT2D eigenvalue weighted by Gasteiger charge is -2.13. The fourth-order valence-electron chi connectivity index (χ4n) is 0.988. The van der Waals surface area contributed by atoms with Crippen molar-refractivity contribution in [2.75, 3.05) is 19.8 Å². The molecular formula is C10H21NO3. The molecule has 0 unspecified atom stereocenters. The first-order valence-electron chi connectivity index (χ1n) is 5.22. The predicted molar refractivity (Wildman–Crippen MR) is 55.0 cm³/mol. The first kappa shape index (κ1) is 13.4. The largest absolute Gasteiger partial charge is 0.394 e. The van der Waals surface area contributed by atoms with E-state index >= 15 is 0 Å². The van der Waals surface area contributed by atoms with Crippen molar-refractivity contribution in [3.05, 3.63) is 0 Å². The van der Waals surface area contributed by atoms with Gasteiger partial charge < -0.3 is 15.2 Å². The number of aliphatic hydroxyl groups is 1. The Morgan fingerprint density at radius 3 is 2.64 bits per heavy atom. The molecule has 0 aliphatic rings. The van der Waals surface area contributed by atoms with E-state index in [0.717, 1.165) is 12.8 Å². The summed E-state index contributed by atoms with van der Waals surface area (Å²) < 4.78 is 5.18. The van der Waals surface area contributed by atoms with Gasteiger partial charge in [-0.15, -0.1) is 0 Å². The molecule has 4 heteroatoms. The smallest absolute Gasteiger partial charge is 0.222 e. The van der Waals surface area contributed by atoms with Crippen molar-refractivity contribution < 1.29 is 14.6 Å². The van der Waals surface area contributed by atoms with Crippen molar-refractivity contribution in [3.8, 4) is 0 Å². The van der Waals surface area contributed by atoms with Gasteiger partial charge in [-0.3, -0.25) is 4.79 Å². The second kappa shape index (κ2) is 8.97. The molecular weight excluding hydrogens is 182 g/mol. The number of nitrogens with one attached hydrogen (secondary N) is 1. The Morgan fingerprint density at radius 1 is 1.43 bits per heavy atom. The van der Waals surface area contributed by atoms with E-state index in [0.29, 0.717) is 19.6 Å². The highest BCUT2D eigenvalue weighted by Crippen LogP contribution is 1.91. The van der Waals surface area contributed by atoms with E-state index in [4.69, 9.17) is 9.84 Å². The maximum absolute atomic E-state index is 11.2. The molecule has 0 bridgehead atoms. The van der Waals surface area contributed by atoms with Crippen LogP contribution in [0, 0.1) is 0 Å². The molecule has 0 radical (unpaired) electrons. The molecule has 0 spiro atoms. The summed E-state index contributed by atoms with van der Waals surface area (Å²) in [6.45, 7) is 5.11. The highest BCUT2D eigenvalue weighted by molar-refractivity contribution is 5.76. The van der Waals surface area contributed by atoms with Gasteiger partial charge in [-0.2, -0.15) is 0 Å². The van der Waals surface area contributed by atoms with Gasteiger partial charge in [0.2, 0.25) is 5.91 Å². The molecule has 1 amide bonds. The fraction of sp³-hybridized carbons (Fsp3) is 0.900. The molecule has 0 saturated heterocycles. The van der Waals surface area contributed by atoms with E-state index in [2.05, 4.69) is 5.32 Å². The topological polar surface area (TPSA) is 58.6 Å². The molecule has 1 atom stereocenters. The summed E-state index contributed by atoms with van der Waals surface area (Å²) in [4.78, 5) is 11.2. The number of hydrogen-bond donors (Lipinski definition) is 2. The van der Waals surface area contributed by atoms with Gasteiger partial charge in [-0.1, -0.05) is 13.8 Å². The summed E-state index contributed by atoms with van der Waals surface area (Å²) in [5.41, 5.74) is 0. The fourth-order valence-corrected chi connectivity index (χ4v) is 0.988. The van der Waals surface area contributed by atoms with Gasteiger partial charge in [-0.05, 0) is 12.8 Å². The zero-order chi connectivity index (χ0) is 10.8. The van der Waals surface area contributed by atoms with Gasteiger partial charge in [0.25, 0.3) is 0 Å². The molecule has 14 heavy (non-hydrogen) atoms. The zero-order valence-electron chi connectivity index (χ0n) is 9.08. The minimum atomic E-state index is -0.117. The van der Waals surface area contributed by atoms with E-state index < -0.39 is 0 Å². The van der Waals surface area contributed by atoms with Crippen molar-refractivity contribution in [2.24, 2.45) is 0 Å². The lowest BCUT2D eigenvalue weighted by Crippen LogP contribution is -2.37. The predicted octanol–water partition coefficient (Wildman–Crippen LogP) is 0.690. The Labute approximate surface area is 85.6 Å². The SMILES string of the molecule is CCCOCCC(=O)N[C@@H](CC)CO. The third-order valence-corrected chi connectivity index (χ3v) is 1.90. The Balaban J connectivity index is 3.44. The Hall–Kier alpha value is -0.610. The summed E-state index contributed by atoms with van der Waals surface area (Å²) in [7, 11) is 0. The molecule has 0 aliphatic heterocycles.